The Morgan fingerprint density at radius 1 is 1.41 bits per heavy atom. The van der Waals surface area contributed by atoms with Gasteiger partial charge in [-0.3, -0.25) is 4.68 Å². The first-order valence-corrected chi connectivity index (χ1v) is 5.55. The van der Waals surface area contributed by atoms with E-state index in [1.54, 1.807) is 11.8 Å². The first-order chi connectivity index (χ1) is 8.04. The third-order valence-electron chi connectivity index (χ3n) is 2.75. The molecular weight excluding hydrogens is 238 g/mol. The van der Waals surface area contributed by atoms with Crippen LogP contribution in [0.1, 0.15) is 5.56 Å². The van der Waals surface area contributed by atoms with E-state index < -0.39 is 0 Å². The predicted octanol–water partition coefficient (Wildman–Crippen LogP) is 2.64. The molecule has 2 N–H and O–H groups in total. The van der Waals surface area contributed by atoms with Crippen LogP contribution in [0.5, 0.6) is 5.75 Å². The minimum absolute atomic E-state index is 0.537. The summed E-state index contributed by atoms with van der Waals surface area (Å²) < 4.78 is 6.88. The van der Waals surface area contributed by atoms with Crippen molar-refractivity contribution in [3.05, 3.63) is 28.8 Å². The minimum atomic E-state index is 0.537. The Bertz CT molecular complexity index is 563. The summed E-state index contributed by atoms with van der Waals surface area (Å²) in [5, 5.41) is 4.75. The molecule has 0 saturated carbocycles. The largest absolute Gasteiger partial charge is 0.495 e. The van der Waals surface area contributed by atoms with Gasteiger partial charge in [-0.2, -0.15) is 5.10 Å². The molecule has 5 heteroatoms. The Labute approximate surface area is 105 Å². The molecule has 0 saturated heterocycles. The van der Waals surface area contributed by atoms with Gasteiger partial charge >= 0.3 is 0 Å². The van der Waals surface area contributed by atoms with Gasteiger partial charge in [0.25, 0.3) is 0 Å². The van der Waals surface area contributed by atoms with Crippen LogP contribution in [-0.4, -0.2) is 16.9 Å². The van der Waals surface area contributed by atoms with Gasteiger partial charge in [0, 0.05) is 18.2 Å². The molecule has 0 unspecified atom stereocenters. The van der Waals surface area contributed by atoms with Crippen LogP contribution in [-0.2, 0) is 7.05 Å². The molecule has 0 atom stereocenters. The third kappa shape index (κ3) is 1.96. The van der Waals surface area contributed by atoms with Crippen LogP contribution >= 0.6 is 11.6 Å². The fourth-order valence-corrected chi connectivity index (χ4v) is 2.13. The molecule has 0 bridgehead atoms. The number of benzene rings is 1. The van der Waals surface area contributed by atoms with Gasteiger partial charge < -0.3 is 10.5 Å². The summed E-state index contributed by atoms with van der Waals surface area (Å²) in [5.74, 6) is 1.19. The van der Waals surface area contributed by atoms with Gasteiger partial charge in [0.1, 0.15) is 11.6 Å². The lowest BCUT2D eigenvalue weighted by Gasteiger charge is -2.07. The van der Waals surface area contributed by atoms with Gasteiger partial charge in [-0.25, -0.2) is 0 Å². The SMILES string of the molecule is COc1ccc(-c2c(C)c(N)nn2C)cc1Cl. The quantitative estimate of drug-likeness (QED) is 0.893. The van der Waals surface area contributed by atoms with Crippen molar-refractivity contribution in [2.75, 3.05) is 12.8 Å². The smallest absolute Gasteiger partial charge is 0.148 e. The van der Waals surface area contributed by atoms with Crippen molar-refractivity contribution in [1.29, 1.82) is 0 Å². The molecule has 0 aliphatic rings. The molecule has 1 heterocycles. The number of nitrogens with two attached hydrogens (primary N) is 1. The number of nitrogens with zero attached hydrogens (tertiary/aromatic N) is 2. The first kappa shape index (κ1) is 11.8. The van der Waals surface area contributed by atoms with E-state index in [1.165, 1.54) is 0 Å². The lowest BCUT2D eigenvalue weighted by Crippen LogP contribution is -1.95. The van der Waals surface area contributed by atoms with Crippen LogP contribution < -0.4 is 10.5 Å². The zero-order valence-electron chi connectivity index (χ0n) is 9.99. The molecule has 0 spiro atoms. The average molecular weight is 252 g/mol. The van der Waals surface area contributed by atoms with Gasteiger partial charge in [-0.15, -0.1) is 0 Å². The number of aryl methyl sites for hydroxylation is 1. The van der Waals surface area contributed by atoms with Crippen LogP contribution in [0.25, 0.3) is 11.3 Å². The highest BCUT2D eigenvalue weighted by Crippen LogP contribution is 2.32. The predicted molar refractivity (Wildman–Crippen MR) is 69.4 cm³/mol. The van der Waals surface area contributed by atoms with Crippen molar-refractivity contribution in [3.63, 3.8) is 0 Å². The van der Waals surface area contributed by atoms with E-state index in [1.807, 2.05) is 32.2 Å². The molecule has 4 nitrogen and oxygen atoms in total. The van der Waals surface area contributed by atoms with E-state index in [0.717, 1.165) is 16.8 Å². The summed E-state index contributed by atoms with van der Waals surface area (Å²) in [6, 6.07) is 5.62. The average Bonchev–Trinajstić information content (AvgIpc) is 2.53. The van der Waals surface area contributed by atoms with E-state index >= 15 is 0 Å². The second kappa shape index (κ2) is 4.30. The van der Waals surface area contributed by atoms with Gasteiger partial charge in [0.05, 0.1) is 17.8 Å². The van der Waals surface area contributed by atoms with E-state index in [9.17, 15) is 0 Å². The van der Waals surface area contributed by atoms with Crippen molar-refractivity contribution in [1.82, 2.24) is 9.78 Å². The number of nitrogen functional groups attached to an aromatic ring is 1. The van der Waals surface area contributed by atoms with Crippen molar-refractivity contribution in [3.8, 4) is 17.0 Å². The van der Waals surface area contributed by atoms with Crippen molar-refractivity contribution in [2.24, 2.45) is 7.05 Å². The topological polar surface area (TPSA) is 53.1 Å². The van der Waals surface area contributed by atoms with Crippen LogP contribution in [0, 0.1) is 6.92 Å². The maximum Gasteiger partial charge on any atom is 0.148 e. The fraction of sp³-hybridized carbons (Fsp3) is 0.250. The zero-order valence-corrected chi connectivity index (χ0v) is 10.7. The van der Waals surface area contributed by atoms with E-state index in [0.29, 0.717) is 16.6 Å². The molecule has 2 aromatic rings. The van der Waals surface area contributed by atoms with E-state index in [-0.39, 0.29) is 0 Å². The number of aromatic nitrogens is 2. The van der Waals surface area contributed by atoms with Crippen LogP contribution in [0.4, 0.5) is 5.82 Å². The highest BCUT2D eigenvalue weighted by Gasteiger charge is 2.13. The number of ether oxygens (including phenoxy) is 1. The highest BCUT2D eigenvalue weighted by molar-refractivity contribution is 6.32. The fourth-order valence-electron chi connectivity index (χ4n) is 1.87. The standard InChI is InChI=1S/C12H14ClN3O/c1-7-11(16(2)15-12(7)14)8-4-5-10(17-3)9(13)6-8/h4-6H,1-3H3,(H2,14,15). The summed E-state index contributed by atoms with van der Waals surface area (Å²) in [5.41, 5.74) is 8.67. The van der Waals surface area contributed by atoms with Crippen LogP contribution in [0.15, 0.2) is 18.2 Å². The van der Waals surface area contributed by atoms with Gasteiger partial charge in [0.2, 0.25) is 0 Å². The summed E-state index contributed by atoms with van der Waals surface area (Å²) in [6.45, 7) is 1.94. The molecule has 0 aliphatic heterocycles. The molecule has 1 aromatic heterocycles. The summed E-state index contributed by atoms with van der Waals surface area (Å²) in [6.07, 6.45) is 0. The number of halogens is 1. The third-order valence-corrected chi connectivity index (χ3v) is 3.04. The summed E-state index contributed by atoms with van der Waals surface area (Å²) >= 11 is 6.10. The molecule has 2 rings (SSSR count). The van der Waals surface area contributed by atoms with Crippen molar-refractivity contribution in [2.45, 2.75) is 6.92 Å². The number of hydrogen-bond acceptors (Lipinski definition) is 3. The first-order valence-electron chi connectivity index (χ1n) is 5.17. The molecule has 0 amide bonds. The second-order valence-electron chi connectivity index (χ2n) is 3.83. The molecule has 0 radical (unpaired) electrons. The lowest BCUT2D eigenvalue weighted by molar-refractivity contribution is 0.415. The molecule has 0 aliphatic carbocycles. The maximum atomic E-state index is 6.10. The maximum absolute atomic E-state index is 6.10. The molecule has 0 fully saturated rings. The normalized spacial score (nSPS) is 10.6. The molecule has 90 valence electrons. The molecule has 1 aromatic carbocycles. The Balaban J connectivity index is 2.57. The summed E-state index contributed by atoms with van der Waals surface area (Å²) in [7, 11) is 3.45. The number of anilines is 1. The number of rotatable bonds is 2. The minimum Gasteiger partial charge on any atom is -0.495 e. The van der Waals surface area contributed by atoms with Gasteiger partial charge in [-0.1, -0.05) is 11.6 Å². The Hall–Kier alpha value is -1.68. The second-order valence-corrected chi connectivity index (χ2v) is 4.24. The molecule has 17 heavy (non-hydrogen) atoms. The Kier molecular flexibility index (Phi) is 2.98. The van der Waals surface area contributed by atoms with Crippen LogP contribution in [0.2, 0.25) is 5.02 Å². The van der Waals surface area contributed by atoms with Gasteiger partial charge in [-0.05, 0) is 25.1 Å². The monoisotopic (exact) mass is 251 g/mol. The Morgan fingerprint density at radius 3 is 2.59 bits per heavy atom. The highest BCUT2D eigenvalue weighted by atomic mass is 35.5. The van der Waals surface area contributed by atoms with Crippen molar-refractivity contribution >= 4 is 17.4 Å². The number of methoxy groups -OCH3 is 1. The van der Waals surface area contributed by atoms with Crippen molar-refractivity contribution < 1.29 is 4.74 Å². The number of hydrogen-bond donors (Lipinski definition) is 1. The molecular formula is C12H14ClN3O. The van der Waals surface area contributed by atoms with E-state index in [2.05, 4.69) is 5.10 Å². The Morgan fingerprint density at radius 2 is 2.12 bits per heavy atom. The van der Waals surface area contributed by atoms with Gasteiger partial charge in [0.15, 0.2) is 0 Å². The lowest BCUT2D eigenvalue weighted by atomic mass is 10.1. The van der Waals surface area contributed by atoms with Crippen LogP contribution in [0.3, 0.4) is 0 Å². The van der Waals surface area contributed by atoms with E-state index in [4.69, 9.17) is 22.1 Å². The zero-order chi connectivity index (χ0) is 12.6. The summed E-state index contributed by atoms with van der Waals surface area (Å²) in [4.78, 5) is 0.